The first-order chi connectivity index (χ1) is 26.3. The van der Waals surface area contributed by atoms with Crippen LogP contribution in [0.2, 0.25) is 0 Å². The average Bonchev–Trinajstić information content (AvgIpc) is 3.90. The van der Waals surface area contributed by atoms with E-state index in [9.17, 15) is 0 Å². The number of furan rings is 1. The predicted octanol–water partition coefficient (Wildman–Crippen LogP) is 13.8. The molecule has 3 nitrogen and oxygen atoms in total. The van der Waals surface area contributed by atoms with Crippen LogP contribution in [0.1, 0.15) is 0 Å². The molecule has 12 rings (SSSR count). The lowest BCUT2D eigenvalue weighted by atomic mass is 9.97. The van der Waals surface area contributed by atoms with Crippen LogP contribution in [0.15, 0.2) is 186 Å². The summed E-state index contributed by atoms with van der Waals surface area (Å²) in [6.07, 6.45) is 0. The van der Waals surface area contributed by atoms with Gasteiger partial charge in [-0.3, -0.25) is 0 Å². The Balaban J connectivity index is 1.25. The first-order valence-corrected chi connectivity index (χ1v) is 18.2. The monoisotopic (exact) mass is 674 g/mol. The van der Waals surface area contributed by atoms with Crippen molar-refractivity contribution >= 4 is 87.1 Å². The van der Waals surface area contributed by atoms with E-state index in [1.54, 1.807) is 0 Å². The van der Waals surface area contributed by atoms with E-state index in [1.165, 1.54) is 70.7 Å². The Morgan fingerprint density at radius 1 is 0.321 bits per heavy atom. The molecule has 0 spiro atoms. The van der Waals surface area contributed by atoms with Crippen molar-refractivity contribution in [2.75, 3.05) is 0 Å². The third-order valence-corrected chi connectivity index (χ3v) is 11.3. The smallest absolute Gasteiger partial charge is 0.136 e. The molecule has 0 atom stereocenters. The van der Waals surface area contributed by atoms with E-state index >= 15 is 0 Å². The van der Waals surface area contributed by atoms with E-state index in [0.717, 1.165) is 38.9 Å². The molecule has 0 unspecified atom stereocenters. The second-order valence-electron chi connectivity index (χ2n) is 14.0. The molecule has 3 heterocycles. The van der Waals surface area contributed by atoms with E-state index in [1.807, 2.05) is 12.1 Å². The predicted molar refractivity (Wildman–Crippen MR) is 223 cm³/mol. The Bertz CT molecular complexity index is 3430. The van der Waals surface area contributed by atoms with Crippen LogP contribution in [-0.2, 0) is 0 Å². The number of para-hydroxylation sites is 3. The van der Waals surface area contributed by atoms with Crippen molar-refractivity contribution in [3.63, 3.8) is 0 Å². The highest BCUT2D eigenvalue weighted by Crippen LogP contribution is 2.48. The van der Waals surface area contributed by atoms with Gasteiger partial charge in [-0.2, -0.15) is 0 Å². The first-order valence-electron chi connectivity index (χ1n) is 18.2. The second kappa shape index (κ2) is 10.7. The van der Waals surface area contributed by atoms with Crippen LogP contribution in [0.4, 0.5) is 0 Å². The maximum atomic E-state index is 6.27. The lowest BCUT2D eigenvalue weighted by Gasteiger charge is -2.13. The van der Waals surface area contributed by atoms with Gasteiger partial charge in [-0.1, -0.05) is 133 Å². The first kappa shape index (κ1) is 28.6. The molecule has 0 radical (unpaired) electrons. The van der Waals surface area contributed by atoms with Crippen LogP contribution in [0.3, 0.4) is 0 Å². The van der Waals surface area contributed by atoms with Gasteiger partial charge >= 0.3 is 0 Å². The highest BCUT2D eigenvalue weighted by Gasteiger charge is 2.25. The van der Waals surface area contributed by atoms with Gasteiger partial charge in [0.05, 0.1) is 22.1 Å². The molecule has 0 saturated heterocycles. The molecule has 0 aliphatic rings. The number of benzene rings is 9. The van der Waals surface area contributed by atoms with Crippen molar-refractivity contribution < 1.29 is 4.42 Å². The molecule has 246 valence electrons. The zero-order valence-electron chi connectivity index (χ0n) is 28.6. The van der Waals surface area contributed by atoms with E-state index in [4.69, 9.17) is 4.42 Å². The van der Waals surface area contributed by atoms with Crippen LogP contribution in [0.5, 0.6) is 0 Å². The summed E-state index contributed by atoms with van der Waals surface area (Å²) >= 11 is 0. The lowest BCUT2D eigenvalue weighted by Crippen LogP contribution is -1.96. The third-order valence-electron chi connectivity index (χ3n) is 11.3. The molecule has 0 aliphatic carbocycles. The van der Waals surface area contributed by atoms with Gasteiger partial charge < -0.3 is 13.6 Å². The van der Waals surface area contributed by atoms with Crippen LogP contribution < -0.4 is 0 Å². The Labute approximate surface area is 304 Å². The highest BCUT2D eigenvalue weighted by molar-refractivity contribution is 6.39. The average molecular weight is 675 g/mol. The van der Waals surface area contributed by atoms with Gasteiger partial charge in [-0.25, -0.2) is 0 Å². The summed E-state index contributed by atoms with van der Waals surface area (Å²) in [5.74, 6) is 0. The van der Waals surface area contributed by atoms with Crippen LogP contribution in [-0.4, -0.2) is 9.13 Å². The standard InChI is InChI=1S/C50H30N2O/c1-2-14-33(15-3-1)51-41-22-10-8-19-39(41)48-49(51)38-18-7-6-17-37(38)47-46-36-16-5-4-13-31(36)27-30-42(46)52(50(47)48)34-28-25-32(26-29-34)35-21-12-24-44-45(35)40-20-9-11-23-43(40)53-44/h1-30H. The van der Waals surface area contributed by atoms with Gasteiger partial charge in [0.25, 0.3) is 0 Å². The zero-order valence-corrected chi connectivity index (χ0v) is 28.6. The number of hydrogen-bond donors (Lipinski definition) is 0. The normalized spacial score (nSPS) is 12.2. The Hall–Kier alpha value is -7.10. The number of nitrogens with zero attached hydrogens (tertiary/aromatic N) is 2. The van der Waals surface area contributed by atoms with Gasteiger partial charge in [0.2, 0.25) is 0 Å². The molecular formula is C50H30N2O. The fourth-order valence-electron chi connectivity index (χ4n) is 9.12. The summed E-state index contributed by atoms with van der Waals surface area (Å²) in [5, 5.41) is 12.4. The number of rotatable bonds is 3. The number of hydrogen-bond acceptors (Lipinski definition) is 1. The summed E-state index contributed by atoms with van der Waals surface area (Å²) in [5.41, 5.74) is 11.3. The number of aromatic nitrogens is 2. The van der Waals surface area contributed by atoms with Crippen molar-refractivity contribution in [2.24, 2.45) is 0 Å². The molecule has 0 saturated carbocycles. The summed E-state index contributed by atoms with van der Waals surface area (Å²) in [7, 11) is 0. The summed E-state index contributed by atoms with van der Waals surface area (Å²) in [6.45, 7) is 0. The minimum Gasteiger partial charge on any atom is -0.456 e. The van der Waals surface area contributed by atoms with Gasteiger partial charge in [0.1, 0.15) is 11.2 Å². The van der Waals surface area contributed by atoms with Crippen molar-refractivity contribution in [2.45, 2.75) is 0 Å². The summed E-state index contributed by atoms with van der Waals surface area (Å²) in [6, 6.07) is 65.9. The van der Waals surface area contributed by atoms with E-state index in [0.29, 0.717) is 0 Å². The van der Waals surface area contributed by atoms with Crippen LogP contribution in [0, 0.1) is 0 Å². The fraction of sp³-hybridized carbons (Fsp3) is 0. The minimum atomic E-state index is 0.908. The van der Waals surface area contributed by atoms with Gasteiger partial charge in [0, 0.05) is 49.1 Å². The van der Waals surface area contributed by atoms with Gasteiger partial charge in [-0.05, 0) is 75.8 Å². The molecule has 0 fully saturated rings. The molecular weight excluding hydrogens is 645 g/mol. The van der Waals surface area contributed by atoms with E-state index in [-0.39, 0.29) is 0 Å². The summed E-state index contributed by atoms with van der Waals surface area (Å²) in [4.78, 5) is 0. The van der Waals surface area contributed by atoms with Crippen molar-refractivity contribution in [3.8, 4) is 22.5 Å². The highest BCUT2D eigenvalue weighted by atomic mass is 16.3. The number of fused-ring (bicyclic) bond motifs is 15. The lowest BCUT2D eigenvalue weighted by molar-refractivity contribution is 0.669. The Kier molecular flexibility index (Phi) is 5.77. The van der Waals surface area contributed by atoms with E-state index < -0.39 is 0 Å². The largest absolute Gasteiger partial charge is 0.456 e. The Morgan fingerprint density at radius 2 is 0.962 bits per heavy atom. The summed E-state index contributed by atoms with van der Waals surface area (Å²) < 4.78 is 11.3. The van der Waals surface area contributed by atoms with Crippen LogP contribution >= 0.6 is 0 Å². The quantitative estimate of drug-likeness (QED) is 0.183. The molecule has 3 aromatic heterocycles. The van der Waals surface area contributed by atoms with Crippen LogP contribution in [0.25, 0.3) is 110 Å². The second-order valence-corrected chi connectivity index (χ2v) is 14.0. The van der Waals surface area contributed by atoms with E-state index in [2.05, 4.69) is 179 Å². The molecule has 0 amide bonds. The molecule has 0 N–H and O–H groups in total. The maximum Gasteiger partial charge on any atom is 0.136 e. The topological polar surface area (TPSA) is 23.0 Å². The van der Waals surface area contributed by atoms with Gasteiger partial charge in [-0.15, -0.1) is 0 Å². The molecule has 9 aromatic carbocycles. The fourth-order valence-corrected chi connectivity index (χ4v) is 9.12. The minimum absolute atomic E-state index is 0.908. The molecule has 53 heavy (non-hydrogen) atoms. The third kappa shape index (κ3) is 3.88. The molecule has 0 bridgehead atoms. The molecule has 12 aromatic rings. The SMILES string of the molecule is c1ccc(-n2c3ccccc3c3c2c2ccccc2c2c4c5ccccc5ccc4n(-c4ccc(-c5cccc6oc7ccccc7c56)cc4)c23)cc1. The van der Waals surface area contributed by atoms with Crippen molar-refractivity contribution in [1.82, 2.24) is 9.13 Å². The van der Waals surface area contributed by atoms with Crippen molar-refractivity contribution in [1.29, 1.82) is 0 Å². The molecule has 0 aliphatic heterocycles. The zero-order chi connectivity index (χ0) is 34.6. The molecule has 3 heteroatoms. The Morgan fingerprint density at radius 3 is 1.81 bits per heavy atom. The van der Waals surface area contributed by atoms with Gasteiger partial charge in [0.15, 0.2) is 0 Å². The maximum absolute atomic E-state index is 6.27. The van der Waals surface area contributed by atoms with Crippen molar-refractivity contribution in [3.05, 3.63) is 182 Å².